The largest absolute Gasteiger partial charge is 0.333 e. The van der Waals surface area contributed by atoms with E-state index in [-0.39, 0.29) is 23.6 Å². The minimum atomic E-state index is -0.101. The summed E-state index contributed by atoms with van der Waals surface area (Å²) in [5.74, 6) is 0.789. The molecule has 4 rings (SSSR count). The quantitative estimate of drug-likeness (QED) is 0.624. The van der Waals surface area contributed by atoms with Crippen molar-refractivity contribution in [2.45, 2.75) is 32.9 Å². The zero-order chi connectivity index (χ0) is 22.3. The summed E-state index contributed by atoms with van der Waals surface area (Å²) in [6.07, 6.45) is 0. The summed E-state index contributed by atoms with van der Waals surface area (Å²) in [5.41, 5.74) is 2.30. The van der Waals surface area contributed by atoms with Gasteiger partial charge in [0.05, 0.1) is 16.9 Å². The molecule has 1 aromatic heterocycles. The molecule has 1 aliphatic rings. The van der Waals surface area contributed by atoms with Gasteiger partial charge in [-0.25, -0.2) is 4.98 Å². The lowest BCUT2D eigenvalue weighted by molar-refractivity contribution is 0.0391. The van der Waals surface area contributed by atoms with Crippen LogP contribution in [-0.4, -0.2) is 50.9 Å². The minimum Gasteiger partial charge on any atom is -0.333 e. The molecule has 2 heterocycles. The molecule has 2 unspecified atom stereocenters. The van der Waals surface area contributed by atoms with Crippen molar-refractivity contribution >= 4 is 28.4 Å². The first-order chi connectivity index (χ1) is 14.8. The van der Waals surface area contributed by atoms with Crippen molar-refractivity contribution in [1.29, 1.82) is 0 Å². The number of nitrogens with zero attached hydrogens (tertiary/aromatic N) is 4. The number of fused-ring (bicyclic) bond motifs is 1. The van der Waals surface area contributed by atoms with Crippen molar-refractivity contribution in [3.05, 3.63) is 74.8 Å². The fourth-order valence-corrected chi connectivity index (χ4v) is 4.58. The van der Waals surface area contributed by atoms with Crippen LogP contribution in [0.4, 0.5) is 0 Å². The molecular weight excluding hydrogens is 412 g/mol. The van der Waals surface area contributed by atoms with E-state index in [0.717, 1.165) is 17.7 Å². The van der Waals surface area contributed by atoms with Gasteiger partial charge in [-0.1, -0.05) is 29.8 Å². The van der Waals surface area contributed by atoms with Gasteiger partial charge in [-0.05, 0) is 50.6 Å². The van der Waals surface area contributed by atoms with Crippen molar-refractivity contribution in [1.82, 2.24) is 19.4 Å². The summed E-state index contributed by atoms with van der Waals surface area (Å²) in [6, 6.07) is 12.9. The van der Waals surface area contributed by atoms with E-state index >= 15 is 0 Å². The molecule has 1 saturated heterocycles. The Morgan fingerprint density at radius 3 is 2.65 bits per heavy atom. The number of halogens is 1. The second-order valence-corrected chi connectivity index (χ2v) is 8.77. The summed E-state index contributed by atoms with van der Waals surface area (Å²) in [4.78, 5) is 35.0. The Balaban J connectivity index is 1.56. The van der Waals surface area contributed by atoms with Crippen molar-refractivity contribution < 1.29 is 4.79 Å². The first-order valence-electron chi connectivity index (χ1n) is 10.5. The number of rotatable bonds is 3. The van der Waals surface area contributed by atoms with Crippen molar-refractivity contribution in [2.75, 3.05) is 19.6 Å². The first kappa shape index (κ1) is 21.5. The van der Waals surface area contributed by atoms with Crippen LogP contribution < -0.4 is 5.56 Å². The normalized spacial score (nSPS) is 18.4. The highest BCUT2D eigenvalue weighted by molar-refractivity contribution is 6.31. The van der Waals surface area contributed by atoms with Gasteiger partial charge in [-0.2, -0.15) is 0 Å². The zero-order valence-corrected chi connectivity index (χ0v) is 19.1. The number of aromatic nitrogens is 2. The van der Waals surface area contributed by atoms with E-state index < -0.39 is 0 Å². The molecule has 0 bridgehead atoms. The third-order valence-electron chi connectivity index (χ3n) is 6.29. The Hall–Kier alpha value is -2.70. The van der Waals surface area contributed by atoms with Crippen molar-refractivity contribution in [3.8, 4) is 0 Å². The molecule has 1 fully saturated rings. The van der Waals surface area contributed by atoms with Crippen molar-refractivity contribution in [3.63, 3.8) is 0 Å². The molecule has 31 heavy (non-hydrogen) atoms. The highest BCUT2D eigenvalue weighted by Crippen LogP contribution is 2.25. The lowest BCUT2D eigenvalue weighted by Gasteiger charge is -2.42. The van der Waals surface area contributed by atoms with Crippen LogP contribution in [0.1, 0.15) is 41.6 Å². The zero-order valence-electron chi connectivity index (χ0n) is 18.3. The van der Waals surface area contributed by atoms with E-state index in [1.54, 1.807) is 29.8 Å². The number of hydrogen-bond acceptors (Lipinski definition) is 4. The minimum absolute atomic E-state index is 0.0552. The van der Waals surface area contributed by atoms with E-state index in [2.05, 4.69) is 18.7 Å². The Morgan fingerprint density at radius 2 is 1.94 bits per heavy atom. The Morgan fingerprint density at radius 1 is 1.19 bits per heavy atom. The average molecular weight is 439 g/mol. The van der Waals surface area contributed by atoms with Gasteiger partial charge >= 0.3 is 0 Å². The van der Waals surface area contributed by atoms with E-state index in [4.69, 9.17) is 16.6 Å². The molecule has 1 amide bonds. The maximum absolute atomic E-state index is 13.1. The highest BCUT2D eigenvalue weighted by atomic mass is 35.5. The fourth-order valence-electron chi connectivity index (χ4n) is 4.40. The molecule has 3 aromatic rings. The van der Waals surface area contributed by atoms with Crippen LogP contribution in [0.25, 0.3) is 10.9 Å². The van der Waals surface area contributed by atoms with Gasteiger partial charge in [0.15, 0.2) is 0 Å². The number of benzene rings is 2. The number of hydrogen-bond donors (Lipinski definition) is 0. The van der Waals surface area contributed by atoms with Crippen molar-refractivity contribution in [2.24, 2.45) is 7.05 Å². The van der Waals surface area contributed by atoms with Crippen LogP contribution in [0.2, 0.25) is 5.02 Å². The summed E-state index contributed by atoms with van der Waals surface area (Å²) in [6.45, 7) is 8.18. The fraction of sp³-hybridized carbons (Fsp3) is 0.375. The Kier molecular flexibility index (Phi) is 5.86. The van der Waals surface area contributed by atoms with Gasteiger partial charge < -0.3 is 4.90 Å². The molecule has 0 aliphatic carbocycles. The summed E-state index contributed by atoms with van der Waals surface area (Å²) >= 11 is 6.06. The standard InChI is InChI=1S/C24H27ClN4O2/c1-15-7-5-6-8-19(15)24(31)29-12-11-28(14-16(29)2)17(3)22-26-21-10-9-18(25)13-20(21)23(30)27(22)4/h5-10,13,16-17H,11-12,14H2,1-4H3. The molecule has 7 heteroatoms. The molecule has 2 aromatic carbocycles. The van der Waals surface area contributed by atoms with E-state index in [0.29, 0.717) is 34.8 Å². The van der Waals surface area contributed by atoms with Gasteiger partial charge in [-0.15, -0.1) is 0 Å². The van der Waals surface area contributed by atoms with Crippen LogP contribution in [-0.2, 0) is 7.05 Å². The van der Waals surface area contributed by atoms with E-state index in [1.807, 2.05) is 36.1 Å². The molecule has 0 N–H and O–H groups in total. The summed E-state index contributed by atoms with van der Waals surface area (Å²) < 4.78 is 1.61. The molecule has 2 atom stereocenters. The highest BCUT2D eigenvalue weighted by Gasteiger charge is 2.32. The average Bonchev–Trinajstić information content (AvgIpc) is 2.76. The van der Waals surface area contributed by atoms with Crippen LogP contribution in [0, 0.1) is 6.92 Å². The molecule has 162 valence electrons. The first-order valence-corrected chi connectivity index (χ1v) is 10.9. The van der Waals surface area contributed by atoms with Crippen LogP contribution in [0.5, 0.6) is 0 Å². The molecular formula is C24H27ClN4O2. The summed E-state index contributed by atoms with van der Waals surface area (Å²) in [5, 5.41) is 1.04. The second kappa shape index (κ2) is 8.44. The Labute approximate surface area is 187 Å². The topological polar surface area (TPSA) is 58.4 Å². The monoisotopic (exact) mass is 438 g/mol. The van der Waals surface area contributed by atoms with E-state index in [1.165, 1.54) is 0 Å². The number of aryl methyl sites for hydroxylation is 1. The lowest BCUT2D eigenvalue weighted by Crippen LogP contribution is -2.54. The van der Waals surface area contributed by atoms with Crippen LogP contribution in [0.3, 0.4) is 0 Å². The number of amides is 1. The summed E-state index contributed by atoms with van der Waals surface area (Å²) in [7, 11) is 1.75. The van der Waals surface area contributed by atoms with Crippen LogP contribution in [0.15, 0.2) is 47.3 Å². The van der Waals surface area contributed by atoms with Gasteiger partial charge in [0.1, 0.15) is 5.82 Å². The molecule has 0 spiro atoms. The molecule has 0 saturated carbocycles. The van der Waals surface area contributed by atoms with Crippen LogP contribution >= 0.6 is 11.6 Å². The van der Waals surface area contributed by atoms with Gasteiger partial charge in [0.2, 0.25) is 0 Å². The van der Waals surface area contributed by atoms with Gasteiger partial charge in [-0.3, -0.25) is 19.1 Å². The third kappa shape index (κ3) is 3.98. The third-order valence-corrected chi connectivity index (χ3v) is 6.52. The number of piperazine rings is 1. The van der Waals surface area contributed by atoms with E-state index in [9.17, 15) is 9.59 Å². The second-order valence-electron chi connectivity index (χ2n) is 8.33. The maximum atomic E-state index is 13.1. The number of carbonyl (C=O) groups excluding carboxylic acids is 1. The smallest absolute Gasteiger partial charge is 0.261 e. The maximum Gasteiger partial charge on any atom is 0.261 e. The van der Waals surface area contributed by atoms with Gasteiger partial charge in [0.25, 0.3) is 11.5 Å². The molecule has 0 radical (unpaired) electrons. The lowest BCUT2D eigenvalue weighted by atomic mass is 10.0. The predicted molar refractivity (Wildman–Crippen MR) is 124 cm³/mol. The molecule has 6 nitrogen and oxygen atoms in total. The van der Waals surface area contributed by atoms with Gasteiger partial charge in [0, 0.05) is 43.3 Å². The molecule has 1 aliphatic heterocycles. The predicted octanol–water partition coefficient (Wildman–Crippen LogP) is 3.80. The number of carbonyl (C=O) groups is 1. The Bertz CT molecular complexity index is 1210. The SMILES string of the molecule is Cc1ccccc1C(=O)N1CCN(C(C)c2nc3ccc(Cl)cc3c(=O)n2C)CC1C.